The highest BCUT2D eigenvalue weighted by molar-refractivity contribution is 5.01. The minimum atomic E-state index is -0.314. The molecule has 17 heavy (non-hydrogen) atoms. The van der Waals surface area contributed by atoms with E-state index in [4.69, 9.17) is 9.26 Å². The van der Waals surface area contributed by atoms with Crippen LogP contribution in [-0.4, -0.2) is 34.1 Å². The Labute approximate surface area is 100 Å². The second-order valence-corrected chi connectivity index (χ2v) is 4.99. The molecule has 1 aliphatic carbocycles. The lowest BCUT2D eigenvalue weighted by Crippen LogP contribution is -2.12. The lowest BCUT2D eigenvalue weighted by Gasteiger charge is -2.08. The zero-order valence-corrected chi connectivity index (χ0v) is 9.84. The minimum Gasteiger partial charge on any atom is -0.392 e. The number of aromatic nitrogens is 2. The SMILES string of the molecule is OC1CCCC1c1nc(CC2CCCO2)no1. The van der Waals surface area contributed by atoms with Crippen molar-refractivity contribution < 1.29 is 14.4 Å². The van der Waals surface area contributed by atoms with Gasteiger partial charge in [-0.2, -0.15) is 4.98 Å². The van der Waals surface area contributed by atoms with E-state index in [0.717, 1.165) is 45.1 Å². The van der Waals surface area contributed by atoms with Gasteiger partial charge in [-0.25, -0.2) is 0 Å². The zero-order chi connectivity index (χ0) is 11.7. The number of aliphatic hydroxyl groups excluding tert-OH is 1. The van der Waals surface area contributed by atoms with Crippen molar-refractivity contribution in [1.82, 2.24) is 10.1 Å². The Morgan fingerprint density at radius 3 is 2.88 bits per heavy atom. The van der Waals surface area contributed by atoms with Crippen molar-refractivity contribution in [3.63, 3.8) is 0 Å². The van der Waals surface area contributed by atoms with Gasteiger partial charge in [0.2, 0.25) is 5.89 Å². The normalized spacial score (nSPS) is 33.4. The molecule has 1 aliphatic heterocycles. The molecule has 5 heteroatoms. The molecule has 2 heterocycles. The van der Waals surface area contributed by atoms with Crippen molar-refractivity contribution in [2.75, 3.05) is 6.61 Å². The highest BCUT2D eigenvalue weighted by Gasteiger charge is 2.31. The first-order valence-corrected chi connectivity index (χ1v) is 6.45. The Morgan fingerprint density at radius 1 is 1.24 bits per heavy atom. The highest BCUT2D eigenvalue weighted by atomic mass is 16.5. The molecule has 3 unspecified atom stereocenters. The minimum absolute atomic E-state index is 0.0424. The average molecular weight is 238 g/mol. The zero-order valence-electron chi connectivity index (χ0n) is 9.84. The second-order valence-electron chi connectivity index (χ2n) is 4.99. The summed E-state index contributed by atoms with van der Waals surface area (Å²) in [4.78, 5) is 4.39. The van der Waals surface area contributed by atoms with E-state index in [1.807, 2.05) is 0 Å². The third-order valence-corrected chi connectivity index (χ3v) is 3.71. The smallest absolute Gasteiger partial charge is 0.232 e. The molecule has 3 rings (SSSR count). The largest absolute Gasteiger partial charge is 0.392 e. The predicted molar refractivity (Wildman–Crippen MR) is 59.6 cm³/mol. The molecule has 1 N–H and O–H groups in total. The van der Waals surface area contributed by atoms with Crippen LogP contribution in [0.5, 0.6) is 0 Å². The molecule has 2 aliphatic rings. The number of rotatable bonds is 3. The summed E-state index contributed by atoms with van der Waals surface area (Å²) >= 11 is 0. The van der Waals surface area contributed by atoms with Gasteiger partial charge in [0.1, 0.15) is 0 Å². The van der Waals surface area contributed by atoms with Crippen molar-refractivity contribution in [3.05, 3.63) is 11.7 Å². The molecule has 0 bridgehead atoms. The van der Waals surface area contributed by atoms with E-state index in [1.54, 1.807) is 0 Å². The lowest BCUT2D eigenvalue weighted by molar-refractivity contribution is 0.109. The summed E-state index contributed by atoms with van der Waals surface area (Å²) < 4.78 is 10.8. The van der Waals surface area contributed by atoms with E-state index >= 15 is 0 Å². The van der Waals surface area contributed by atoms with Crippen molar-refractivity contribution in [2.24, 2.45) is 0 Å². The molecular formula is C12H18N2O3. The van der Waals surface area contributed by atoms with E-state index < -0.39 is 0 Å². The molecule has 94 valence electrons. The Bertz CT molecular complexity index is 374. The van der Waals surface area contributed by atoms with Crippen molar-refractivity contribution in [3.8, 4) is 0 Å². The van der Waals surface area contributed by atoms with Crippen LogP contribution in [0.15, 0.2) is 4.52 Å². The molecule has 3 atom stereocenters. The third kappa shape index (κ3) is 2.35. The topological polar surface area (TPSA) is 68.4 Å². The average Bonchev–Trinajstić information content (AvgIpc) is 3.00. The summed E-state index contributed by atoms with van der Waals surface area (Å²) in [5, 5.41) is 13.8. The molecule has 1 saturated heterocycles. The van der Waals surface area contributed by atoms with Crippen molar-refractivity contribution >= 4 is 0 Å². The summed E-state index contributed by atoms with van der Waals surface area (Å²) in [6.07, 6.45) is 5.69. The van der Waals surface area contributed by atoms with Gasteiger partial charge in [0, 0.05) is 13.0 Å². The van der Waals surface area contributed by atoms with Gasteiger partial charge in [-0.05, 0) is 32.1 Å². The first kappa shape index (κ1) is 11.2. The van der Waals surface area contributed by atoms with E-state index in [2.05, 4.69) is 10.1 Å². The van der Waals surface area contributed by atoms with Gasteiger partial charge in [0.05, 0.1) is 18.1 Å². The van der Waals surface area contributed by atoms with Crippen LogP contribution in [0.4, 0.5) is 0 Å². The molecule has 5 nitrogen and oxygen atoms in total. The maximum absolute atomic E-state index is 9.78. The first-order valence-electron chi connectivity index (χ1n) is 6.45. The summed E-state index contributed by atoms with van der Waals surface area (Å²) in [5.74, 6) is 1.36. The van der Waals surface area contributed by atoms with Gasteiger partial charge >= 0.3 is 0 Å². The Kier molecular flexibility index (Phi) is 3.11. The van der Waals surface area contributed by atoms with Gasteiger partial charge in [0.15, 0.2) is 5.82 Å². The monoisotopic (exact) mass is 238 g/mol. The maximum atomic E-state index is 9.78. The predicted octanol–water partition coefficient (Wildman–Crippen LogP) is 1.42. The van der Waals surface area contributed by atoms with Crippen LogP contribution >= 0.6 is 0 Å². The number of ether oxygens (including phenoxy) is 1. The summed E-state index contributed by atoms with van der Waals surface area (Å²) in [7, 11) is 0. The second kappa shape index (κ2) is 4.74. The van der Waals surface area contributed by atoms with E-state index in [0.29, 0.717) is 11.7 Å². The fraction of sp³-hybridized carbons (Fsp3) is 0.833. The Morgan fingerprint density at radius 2 is 2.18 bits per heavy atom. The fourth-order valence-electron chi connectivity index (χ4n) is 2.74. The molecule has 1 saturated carbocycles. The molecule has 0 amide bonds. The Hall–Kier alpha value is -0.940. The van der Waals surface area contributed by atoms with E-state index in [-0.39, 0.29) is 18.1 Å². The van der Waals surface area contributed by atoms with Crippen molar-refractivity contribution in [1.29, 1.82) is 0 Å². The van der Waals surface area contributed by atoms with Crippen LogP contribution < -0.4 is 0 Å². The Balaban J connectivity index is 1.65. The fourth-order valence-corrected chi connectivity index (χ4v) is 2.74. The summed E-state index contributed by atoms with van der Waals surface area (Å²) in [5.41, 5.74) is 0. The number of aliphatic hydroxyl groups is 1. The molecule has 0 aromatic carbocycles. The van der Waals surface area contributed by atoms with E-state index in [1.165, 1.54) is 0 Å². The van der Waals surface area contributed by atoms with Gasteiger partial charge in [-0.15, -0.1) is 0 Å². The molecule has 1 aromatic rings. The van der Waals surface area contributed by atoms with E-state index in [9.17, 15) is 5.11 Å². The van der Waals surface area contributed by atoms with Crippen LogP contribution in [0, 0.1) is 0 Å². The van der Waals surface area contributed by atoms with Crippen LogP contribution in [0.1, 0.15) is 49.7 Å². The molecule has 0 spiro atoms. The molecule has 2 fully saturated rings. The number of nitrogens with zero attached hydrogens (tertiary/aromatic N) is 2. The summed E-state index contributed by atoms with van der Waals surface area (Å²) in [6.45, 7) is 0.844. The van der Waals surface area contributed by atoms with Gasteiger partial charge in [-0.3, -0.25) is 0 Å². The van der Waals surface area contributed by atoms with Crippen LogP contribution in [0.2, 0.25) is 0 Å². The van der Waals surface area contributed by atoms with Crippen LogP contribution in [0.25, 0.3) is 0 Å². The summed E-state index contributed by atoms with van der Waals surface area (Å²) in [6, 6.07) is 0. The quantitative estimate of drug-likeness (QED) is 0.862. The standard InChI is InChI=1S/C12H18N2O3/c15-10-5-1-4-9(10)12-13-11(14-17-12)7-8-3-2-6-16-8/h8-10,15H,1-7H2. The van der Waals surface area contributed by atoms with Gasteiger partial charge < -0.3 is 14.4 Å². The number of hydrogen-bond acceptors (Lipinski definition) is 5. The van der Waals surface area contributed by atoms with Gasteiger partial charge in [0.25, 0.3) is 0 Å². The van der Waals surface area contributed by atoms with Crippen molar-refractivity contribution in [2.45, 2.75) is 56.7 Å². The van der Waals surface area contributed by atoms with Crippen LogP contribution in [0.3, 0.4) is 0 Å². The molecular weight excluding hydrogens is 220 g/mol. The third-order valence-electron chi connectivity index (χ3n) is 3.71. The highest BCUT2D eigenvalue weighted by Crippen LogP contribution is 2.33. The van der Waals surface area contributed by atoms with Gasteiger partial charge in [-0.1, -0.05) is 5.16 Å². The van der Waals surface area contributed by atoms with Crippen LogP contribution in [-0.2, 0) is 11.2 Å². The lowest BCUT2D eigenvalue weighted by atomic mass is 10.1. The number of hydrogen-bond donors (Lipinski definition) is 1. The molecule has 1 aromatic heterocycles. The first-order chi connectivity index (χ1) is 8.33. The maximum Gasteiger partial charge on any atom is 0.232 e. The molecule has 0 radical (unpaired) electrons.